The van der Waals surface area contributed by atoms with E-state index >= 15 is 0 Å². The van der Waals surface area contributed by atoms with Crippen molar-refractivity contribution in [2.75, 3.05) is 41.7 Å². The molecule has 4 aromatic rings. The normalized spacial score (nSPS) is 13.5. The molecule has 0 saturated carbocycles. The second kappa shape index (κ2) is 10.9. The van der Waals surface area contributed by atoms with Gasteiger partial charge in [0.2, 0.25) is 17.7 Å². The molecule has 196 valence electrons. The Balaban J connectivity index is 1.55. The van der Waals surface area contributed by atoms with Crippen LogP contribution in [0.4, 0.5) is 23.1 Å². The molecule has 10 nitrogen and oxygen atoms in total. The summed E-state index contributed by atoms with van der Waals surface area (Å²) in [4.78, 5) is 28.5. The van der Waals surface area contributed by atoms with E-state index in [9.17, 15) is 4.79 Å². The van der Waals surface area contributed by atoms with E-state index in [1.165, 1.54) is 6.08 Å². The van der Waals surface area contributed by atoms with Crippen molar-refractivity contribution in [1.82, 2.24) is 24.8 Å². The van der Waals surface area contributed by atoms with E-state index in [1.54, 1.807) is 6.20 Å². The second-order valence-electron chi connectivity index (χ2n) is 9.37. The van der Waals surface area contributed by atoms with E-state index in [4.69, 9.17) is 14.7 Å². The van der Waals surface area contributed by atoms with Crippen LogP contribution in [-0.2, 0) is 11.8 Å². The number of para-hydroxylation sites is 1. The van der Waals surface area contributed by atoms with Crippen LogP contribution in [0.15, 0.2) is 61.4 Å². The first-order chi connectivity index (χ1) is 18.4. The van der Waals surface area contributed by atoms with Crippen LogP contribution < -0.4 is 25.6 Å². The summed E-state index contributed by atoms with van der Waals surface area (Å²) in [5.41, 5.74) is 4.03. The van der Waals surface area contributed by atoms with Gasteiger partial charge >= 0.3 is 0 Å². The summed E-state index contributed by atoms with van der Waals surface area (Å²) in [7, 11) is 2.02. The molecule has 5 rings (SSSR count). The Morgan fingerprint density at radius 2 is 1.95 bits per heavy atom. The van der Waals surface area contributed by atoms with E-state index in [0.717, 1.165) is 48.3 Å². The Bertz CT molecular complexity index is 1470. The predicted octanol–water partition coefficient (Wildman–Crippen LogP) is 4.10. The van der Waals surface area contributed by atoms with Crippen LogP contribution in [0.3, 0.4) is 0 Å². The number of aromatic nitrogens is 4. The molecule has 0 bridgehead atoms. The van der Waals surface area contributed by atoms with Crippen molar-refractivity contribution in [2.45, 2.75) is 20.0 Å². The van der Waals surface area contributed by atoms with Crippen LogP contribution in [0, 0.1) is 0 Å². The van der Waals surface area contributed by atoms with Crippen LogP contribution >= 0.6 is 0 Å². The van der Waals surface area contributed by atoms with Crippen LogP contribution in [-0.4, -0.2) is 57.7 Å². The minimum atomic E-state index is -0.319. The molecular formula is C28H32N8O2. The summed E-state index contributed by atoms with van der Waals surface area (Å²) >= 11 is 0. The number of piperazine rings is 1. The summed E-state index contributed by atoms with van der Waals surface area (Å²) in [5, 5.41) is 10.6. The van der Waals surface area contributed by atoms with E-state index in [0.29, 0.717) is 29.0 Å². The molecule has 3 N–H and O–H groups in total. The zero-order valence-electron chi connectivity index (χ0n) is 21.9. The number of carbonyl (C=O) groups is 1. The second-order valence-corrected chi connectivity index (χ2v) is 9.37. The van der Waals surface area contributed by atoms with Crippen LogP contribution in [0.1, 0.15) is 13.8 Å². The van der Waals surface area contributed by atoms with Crippen molar-refractivity contribution in [3.63, 3.8) is 0 Å². The average Bonchev–Trinajstić information content (AvgIpc) is 3.27. The lowest BCUT2D eigenvalue weighted by atomic mass is 10.1. The van der Waals surface area contributed by atoms with Gasteiger partial charge in [-0.3, -0.25) is 4.79 Å². The third-order valence-corrected chi connectivity index (χ3v) is 6.25. The van der Waals surface area contributed by atoms with Gasteiger partial charge in [0, 0.05) is 62.1 Å². The number of hydrogen-bond donors (Lipinski definition) is 3. The van der Waals surface area contributed by atoms with E-state index < -0.39 is 0 Å². The van der Waals surface area contributed by atoms with Gasteiger partial charge in [-0.15, -0.1) is 0 Å². The van der Waals surface area contributed by atoms with Gasteiger partial charge in [0.15, 0.2) is 5.82 Å². The Morgan fingerprint density at radius 3 is 2.71 bits per heavy atom. The molecule has 10 heteroatoms. The predicted molar refractivity (Wildman–Crippen MR) is 151 cm³/mol. The van der Waals surface area contributed by atoms with Gasteiger partial charge in [-0.1, -0.05) is 24.8 Å². The first-order valence-corrected chi connectivity index (χ1v) is 12.7. The molecule has 1 fully saturated rings. The maximum absolute atomic E-state index is 12.3. The maximum Gasteiger partial charge on any atom is 0.247 e. The lowest BCUT2D eigenvalue weighted by molar-refractivity contribution is -0.111. The molecule has 0 spiro atoms. The lowest BCUT2D eigenvalue weighted by Gasteiger charge is -2.30. The van der Waals surface area contributed by atoms with E-state index in [-0.39, 0.29) is 12.0 Å². The Hall–Kier alpha value is -4.44. The molecule has 1 aliphatic rings. The lowest BCUT2D eigenvalue weighted by Crippen LogP contribution is -2.44. The zero-order valence-corrected chi connectivity index (χ0v) is 21.9. The fourth-order valence-corrected chi connectivity index (χ4v) is 4.52. The summed E-state index contributed by atoms with van der Waals surface area (Å²) in [5.74, 6) is 1.13. The molecule has 4 heterocycles. The number of hydrogen-bond acceptors (Lipinski definition) is 8. The number of carbonyl (C=O) groups excluding carboxylic acids is 1. The summed E-state index contributed by atoms with van der Waals surface area (Å²) in [6.45, 7) is 10.6. The van der Waals surface area contributed by atoms with Gasteiger partial charge in [0.1, 0.15) is 5.69 Å². The molecule has 0 unspecified atom stereocenters. The fourth-order valence-electron chi connectivity index (χ4n) is 4.52. The Labute approximate surface area is 221 Å². The topological polar surface area (TPSA) is 109 Å². The first kappa shape index (κ1) is 25.2. The van der Waals surface area contributed by atoms with Gasteiger partial charge in [0.05, 0.1) is 17.5 Å². The summed E-state index contributed by atoms with van der Waals surface area (Å²) in [6.07, 6.45) is 4.91. The number of benzene rings is 1. The summed E-state index contributed by atoms with van der Waals surface area (Å²) < 4.78 is 8.19. The van der Waals surface area contributed by atoms with Crippen molar-refractivity contribution < 1.29 is 9.53 Å². The maximum atomic E-state index is 12.3. The van der Waals surface area contributed by atoms with Crippen LogP contribution in [0.5, 0.6) is 5.88 Å². The Kier molecular flexibility index (Phi) is 7.23. The Morgan fingerprint density at radius 1 is 1.16 bits per heavy atom. The molecular weight excluding hydrogens is 480 g/mol. The number of rotatable bonds is 8. The first-order valence-electron chi connectivity index (χ1n) is 12.7. The highest BCUT2D eigenvalue weighted by Gasteiger charge is 2.22. The monoisotopic (exact) mass is 512 g/mol. The summed E-state index contributed by atoms with van der Waals surface area (Å²) in [6, 6.07) is 11.9. The number of nitrogens with one attached hydrogen (secondary N) is 3. The van der Waals surface area contributed by atoms with Gasteiger partial charge < -0.3 is 30.2 Å². The average molecular weight is 513 g/mol. The van der Waals surface area contributed by atoms with Crippen molar-refractivity contribution in [1.29, 1.82) is 0 Å². The number of pyridine rings is 1. The highest BCUT2D eigenvalue weighted by molar-refractivity contribution is 6.01. The van der Waals surface area contributed by atoms with Crippen molar-refractivity contribution in [2.24, 2.45) is 7.05 Å². The highest BCUT2D eigenvalue weighted by atomic mass is 16.5. The molecule has 1 saturated heterocycles. The standard InChI is InChI=1S/C28H32N8O2/c1-5-25(37)31-22-16-23(27(38-18(2)3)34-26(22)36-14-12-29-13-15-36)33-28-30-11-10-21(32-28)20-17-35(4)24-9-7-6-8-19(20)24/h5-11,16-18,29H,1,12-15H2,2-4H3,(H,31,37)(H,30,32,33). The zero-order chi connectivity index (χ0) is 26.6. The number of anilines is 4. The quantitative estimate of drug-likeness (QED) is 0.303. The van der Waals surface area contributed by atoms with Crippen molar-refractivity contribution in [3.8, 4) is 17.1 Å². The third-order valence-electron chi connectivity index (χ3n) is 6.25. The number of ether oxygens (including phenoxy) is 1. The molecule has 0 aliphatic carbocycles. The van der Waals surface area contributed by atoms with Crippen molar-refractivity contribution >= 4 is 40.0 Å². The number of nitrogens with zero attached hydrogens (tertiary/aromatic N) is 5. The van der Waals surface area contributed by atoms with E-state index in [2.05, 4.69) is 55.3 Å². The van der Waals surface area contributed by atoms with Gasteiger partial charge in [-0.25, -0.2) is 9.97 Å². The largest absolute Gasteiger partial charge is 0.473 e. The molecule has 0 atom stereocenters. The van der Waals surface area contributed by atoms with E-state index in [1.807, 2.05) is 45.2 Å². The minimum Gasteiger partial charge on any atom is -0.473 e. The minimum absolute atomic E-state index is 0.115. The molecule has 1 aliphatic heterocycles. The van der Waals surface area contributed by atoms with Gasteiger partial charge in [0.25, 0.3) is 0 Å². The highest BCUT2D eigenvalue weighted by Crippen LogP contribution is 2.36. The van der Waals surface area contributed by atoms with Gasteiger partial charge in [-0.05, 0) is 38.1 Å². The van der Waals surface area contributed by atoms with Crippen LogP contribution in [0.2, 0.25) is 0 Å². The van der Waals surface area contributed by atoms with Crippen LogP contribution in [0.25, 0.3) is 22.2 Å². The number of amides is 1. The third kappa shape index (κ3) is 5.30. The molecule has 3 aromatic heterocycles. The molecule has 0 radical (unpaired) electrons. The number of aryl methyl sites for hydroxylation is 1. The van der Waals surface area contributed by atoms with Crippen molar-refractivity contribution in [3.05, 3.63) is 61.4 Å². The fraction of sp³-hybridized carbons (Fsp3) is 0.286. The molecule has 1 aromatic carbocycles. The molecule has 1 amide bonds. The number of fused-ring (bicyclic) bond motifs is 1. The molecule has 38 heavy (non-hydrogen) atoms. The van der Waals surface area contributed by atoms with Gasteiger partial charge in [-0.2, -0.15) is 4.98 Å². The smallest absolute Gasteiger partial charge is 0.247 e. The SMILES string of the molecule is C=CC(=O)Nc1cc(Nc2nccc(-c3cn(C)c4ccccc34)n2)c(OC(C)C)nc1N1CCNCC1.